The van der Waals surface area contributed by atoms with Crippen molar-refractivity contribution in [2.24, 2.45) is 0 Å². The summed E-state index contributed by atoms with van der Waals surface area (Å²) in [6.45, 7) is 3.66. The van der Waals surface area contributed by atoms with Crippen molar-refractivity contribution in [3.05, 3.63) is 64.0 Å². The SMILES string of the molecule is CCOC(=O)c1oc2cc(O)c(CC)cc2c(=O)c1-c1cc2ccccc2o1. The van der Waals surface area contributed by atoms with Gasteiger partial charge in [0.05, 0.1) is 12.0 Å². The number of carbonyl (C=O) groups excluding carboxylic acids is 1. The van der Waals surface area contributed by atoms with Gasteiger partial charge in [-0.25, -0.2) is 4.79 Å². The van der Waals surface area contributed by atoms with Gasteiger partial charge in [-0.1, -0.05) is 25.1 Å². The lowest BCUT2D eigenvalue weighted by atomic mass is 10.0. The molecular formula is C22H18O6. The molecule has 142 valence electrons. The number of fused-ring (bicyclic) bond motifs is 2. The van der Waals surface area contributed by atoms with Crippen molar-refractivity contribution < 1.29 is 23.5 Å². The smallest absolute Gasteiger partial charge is 0.375 e. The number of ether oxygens (including phenoxy) is 1. The molecule has 0 fully saturated rings. The molecule has 2 aromatic carbocycles. The maximum atomic E-state index is 13.3. The number of esters is 1. The largest absolute Gasteiger partial charge is 0.508 e. The molecule has 0 unspecified atom stereocenters. The molecule has 6 heteroatoms. The molecule has 0 saturated heterocycles. The van der Waals surface area contributed by atoms with E-state index < -0.39 is 11.4 Å². The summed E-state index contributed by atoms with van der Waals surface area (Å²) in [5, 5.41) is 11.2. The van der Waals surface area contributed by atoms with Crippen LogP contribution in [0.5, 0.6) is 5.75 Å². The zero-order valence-corrected chi connectivity index (χ0v) is 15.4. The first-order valence-corrected chi connectivity index (χ1v) is 9.02. The van der Waals surface area contributed by atoms with Crippen LogP contribution in [-0.4, -0.2) is 17.7 Å². The Hall–Kier alpha value is -3.54. The second-order valence-corrected chi connectivity index (χ2v) is 6.33. The van der Waals surface area contributed by atoms with E-state index in [1.165, 1.54) is 6.07 Å². The molecule has 4 aromatic rings. The van der Waals surface area contributed by atoms with Gasteiger partial charge < -0.3 is 18.7 Å². The lowest BCUT2D eigenvalue weighted by Crippen LogP contribution is -2.15. The average Bonchev–Trinajstić information content (AvgIpc) is 3.11. The highest BCUT2D eigenvalue weighted by molar-refractivity contribution is 5.98. The molecule has 6 nitrogen and oxygen atoms in total. The standard InChI is InChI=1S/C22H18O6/c1-3-12-9-14-17(11-15(12)23)28-21(22(25)26-4-2)19(20(14)24)18-10-13-7-5-6-8-16(13)27-18/h5-11,23H,3-4H2,1-2H3. The van der Waals surface area contributed by atoms with E-state index in [0.29, 0.717) is 17.6 Å². The van der Waals surface area contributed by atoms with Gasteiger partial charge in [-0.3, -0.25) is 4.79 Å². The van der Waals surface area contributed by atoms with Crippen molar-refractivity contribution in [1.29, 1.82) is 0 Å². The molecule has 2 heterocycles. The first-order chi connectivity index (χ1) is 13.5. The molecule has 2 aromatic heterocycles. The molecule has 0 bridgehead atoms. The van der Waals surface area contributed by atoms with Crippen LogP contribution in [0.25, 0.3) is 33.3 Å². The van der Waals surface area contributed by atoms with Crippen LogP contribution in [0.2, 0.25) is 0 Å². The number of phenols is 1. The fraction of sp³-hybridized carbons (Fsp3) is 0.182. The number of para-hydroxylation sites is 1. The quantitative estimate of drug-likeness (QED) is 0.520. The van der Waals surface area contributed by atoms with Crippen LogP contribution in [0.1, 0.15) is 30.0 Å². The summed E-state index contributed by atoms with van der Waals surface area (Å²) in [5.74, 6) is -0.784. The van der Waals surface area contributed by atoms with E-state index in [2.05, 4.69) is 0 Å². The third-order valence-electron chi connectivity index (χ3n) is 4.61. The van der Waals surface area contributed by atoms with E-state index in [4.69, 9.17) is 13.6 Å². The number of phenolic OH excluding ortho intramolecular Hbond substituents is 1. The Kier molecular flexibility index (Phi) is 4.39. The Bertz CT molecular complexity index is 1230. The van der Waals surface area contributed by atoms with Gasteiger partial charge in [-0.15, -0.1) is 0 Å². The van der Waals surface area contributed by atoms with Crippen LogP contribution in [-0.2, 0) is 11.2 Å². The van der Waals surface area contributed by atoms with Gasteiger partial charge in [-0.05, 0) is 37.1 Å². The number of furan rings is 1. The number of carbonyl (C=O) groups is 1. The molecular weight excluding hydrogens is 360 g/mol. The maximum Gasteiger partial charge on any atom is 0.375 e. The number of hydrogen-bond acceptors (Lipinski definition) is 6. The highest BCUT2D eigenvalue weighted by atomic mass is 16.5. The minimum absolute atomic E-state index is 0.00412. The Morgan fingerprint density at radius 2 is 1.86 bits per heavy atom. The van der Waals surface area contributed by atoms with Gasteiger partial charge in [-0.2, -0.15) is 0 Å². The number of aromatic hydroxyl groups is 1. The zero-order valence-electron chi connectivity index (χ0n) is 15.4. The molecule has 0 saturated carbocycles. The summed E-state index contributed by atoms with van der Waals surface area (Å²) >= 11 is 0. The van der Waals surface area contributed by atoms with Crippen LogP contribution in [0.15, 0.2) is 56.1 Å². The number of aryl methyl sites for hydroxylation is 1. The Morgan fingerprint density at radius 3 is 2.57 bits per heavy atom. The van der Waals surface area contributed by atoms with Crippen LogP contribution >= 0.6 is 0 Å². The molecule has 0 atom stereocenters. The van der Waals surface area contributed by atoms with Crippen molar-refractivity contribution in [3.8, 4) is 17.1 Å². The van der Waals surface area contributed by atoms with Crippen LogP contribution < -0.4 is 5.43 Å². The van der Waals surface area contributed by atoms with Crippen molar-refractivity contribution in [2.45, 2.75) is 20.3 Å². The van der Waals surface area contributed by atoms with Crippen LogP contribution in [0.3, 0.4) is 0 Å². The highest BCUT2D eigenvalue weighted by Gasteiger charge is 2.26. The molecule has 0 aliphatic carbocycles. The molecule has 0 spiro atoms. The summed E-state index contributed by atoms with van der Waals surface area (Å²) in [6, 6.07) is 11.9. The molecule has 28 heavy (non-hydrogen) atoms. The van der Waals surface area contributed by atoms with E-state index in [1.807, 2.05) is 25.1 Å². The van der Waals surface area contributed by atoms with Gasteiger partial charge >= 0.3 is 5.97 Å². The highest BCUT2D eigenvalue weighted by Crippen LogP contribution is 2.32. The minimum atomic E-state index is -0.768. The van der Waals surface area contributed by atoms with E-state index in [-0.39, 0.29) is 40.4 Å². The zero-order chi connectivity index (χ0) is 19.8. The second kappa shape index (κ2) is 6.88. The minimum Gasteiger partial charge on any atom is -0.508 e. The van der Waals surface area contributed by atoms with Gasteiger partial charge in [0.25, 0.3) is 0 Å². The van der Waals surface area contributed by atoms with Gasteiger partial charge in [0.2, 0.25) is 11.2 Å². The number of hydrogen-bond donors (Lipinski definition) is 1. The number of rotatable bonds is 4. The maximum absolute atomic E-state index is 13.3. The van der Waals surface area contributed by atoms with Crippen molar-refractivity contribution >= 4 is 27.9 Å². The summed E-state index contributed by atoms with van der Waals surface area (Å²) in [4.78, 5) is 25.8. The summed E-state index contributed by atoms with van der Waals surface area (Å²) < 4.78 is 16.6. The fourth-order valence-corrected chi connectivity index (χ4v) is 3.23. The Morgan fingerprint density at radius 1 is 1.07 bits per heavy atom. The first kappa shape index (κ1) is 17.9. The van der Waals surface area contributed by atoms with Gasteiger partial charge in [0, 0.05) is 11.5 Å². The Balaban J connectivity index is 2.07. The van der Waals surface area contributed by atoms with E-state index in [1.54, 1.807) is 25.1 Å². The summed E-state index contributed by atoms with van der Waals surface area (Å²) in [7, 11) is 0. The molecule has 4 rings (SSSR count). The molecule has 0 radical (unpaired) electrons. The predicted molar refractivity (Wildman–Crippen MR) is 105 cm³/mol. The Labute approximate surface area is 160 Å². The monoisotopic (exact) mass is 378 g/mol. The second-order valence-electron chi connectivity index (χ2n) is 6.33. The van der Waals surface area contributed by atoms with Crippen LogP contribution in [0, 0.1) is 0 Å². The molecule has 0 aliphatic heterocycles. The molecule has 0 amide bonds. The van der Waals surface area contributed by atoms with Gasteiger partial charge in [0.15, 0.2) is 0 Å². The first-order valence-electron chi connectivity index (χ1n) is 9.02. The average molecular weight is 378 g/mol. The van der Waals surface area contributed by atoms with Crippen molar-refractivity contribution in [1.82, 2.24) is 0 Å². The van der Waals surface area contributed by atoms with Gasteiger partial charge in [0.1, 0.15) is 28.2 Å². The van der Waals surface area contributed by atoms with Crippen molar-refractivity contribution in [3.63, 3.8) is 0 Å². The topological polar surface area (TPSA) is 89.9 Å². The third-order valence-corrected chi connectivity index (χ3v) is 4.61. The molecule has 0 aliphatic rings. The van der Waals surface area contributed by atoms with E-state index in [0.717, 1.165) is 5.39 Å². The normalized spacial score (nSPS) is 11.2. The van der Waals surface area contributed by atoms with Crippen molar-refractivity contribution in [2.75, 3.05) is 6.61 Å². The van der Waals surface area contributed by atoms with E-state index in [9.17, 15) is 14.7 Å². The third kappa shape index (κ3) is 2.83. The lowest BCUT2D eigenvalue weighted by molar-refractivity contribution is 0.0491. The summed E-state index contributed by atoms with van der Waals surface area (Å²) in [5.41, 5.74) is 0.904. The molecule has 1 N–H and O–H groups in total. The summed E-state index contributed by atoms with van der Waals surface area (Å²) in [6.07, 6.45) is 0.542. The predicted octanol–water partition coefficient (Wildman–Crippen LogP) is 4.65. The lowest BCUT2D eigenvalue weighted by Gasteiger charge is -2.09. The number of benzene rings is 2. The van der Waals surface area contributed by atoms with Crippen LogP contribution in [0.4, 0.5) is 0 Å². The van der Waals surface area contributed by atoms with E-state index >= 15 is 0 Å². The fourth-order valence-electron chi connectivity index (χ4n) is 3.23.